The number of likely N-dealkylation sites (N-methyl/N-ethyl adjacent to an activating group) is 2. The Labute approximate surface area is 132 Å². The number of ether oxygens (including phenoxy) is 1. The van der Waals surface area contributed by atoms with Crippen LogP contribution in [-0.2, 0) is 16.1 Å². The minimum Gasteiger partial charge on any atom is -0.380 e. The Hall–Kier alpha value is -1.50. The summed E-state index contributed by atoms with van der Waals surface area (Å²) in [6, 6.07) is 4.27. The molecule has 0 radical (unpaired) electrons. The smallest absolute Gasteiger partial charge is 0.234 e. The lowest BCUT2D eigenvalue weighted by molar-refractivity contribution is -0.122. The molecular formula is C16H26N4O2. The van der Waals surface area contributed by atoms with Crippen LogP contribution in [0, 0.1) is 0 Å². The Balaban J connectivity index is 1.70. The van der Waals surface area contributed by atoms with Crippen molar-refractivity contribution in [3.05, 3.63) is 30.1 Å². The molecule has 0 unspecified atom stereocenters. The third-order valence-electron chi connectivity index (χ3n) is 4.13. The lowest BCUT2D eigenvalue weighted by Crippen LogP contribution is -2.41. The summed E-state index contributed by atoms with van der Waals surface area (Å²) in [5, 5.41) is 2.93. The number of carbonyl (C=O) groups is 1. The van der Waals surface area contributed by atoms with Crippen molar-refractivity contribution in [1.82, 2.24) is 20.1 Å². The van der Waals surface area contributed by atoms with Crippen molar-refractivity contribution in [2.45, 2.75) is 25.1 Å². The molecule has 6 heteroatoms. The van der Waals surface area contributed by atoms with Crippen LogP contribution in [0.1, 0.15) is 12.0 Å². The summed E-state index contributed by atoms with van der Waals surface area (Å²) in [4.78, 5) is 20.4. The van der Waals surface area contributed by atoms with Gasteiger partial charge in [-0.25, -0.2) is 0 Å². The number of likely N-dealkylation sites (tertiary alicyclic amines) is 1. The van der Waals surface area contributed by atoms with E-state index in [4.69, 9.17) is 4.74 Å². The molecule has 2 heterocycles. The fraction of sp³-hybridized carbons (Fsp3) is 0.625. The summed E-state index contributed by atoms with van der Waals surface area (Å²) in [6.07, 6.45) is 4.82. The first kappa shape index (κ1) is 16.9. The highest BCUT2D eigenvalue weighted by Crippen LogP contribution is 2.18. The number of amides is 1. The molecule has 1 amide bonds. The van der Waals surface area contributed by atoms with E-state index in [1.54, 1.807) is 19.5 Å². The minimum atomic E-state index is 0.0373. The van der Waals surface area contributed by atoms with Crippen molar-refractivity contribution in [2.24, 2.45) is 0 Å². The van der Waals surface area contributed by atoms with E-state index in [0.717, 1.165) is 25.1 Å². The third-order valence-corrected chi connectivity index (χ3v) is 4.13. The van der Waals surface area contributed by atoms with Crippen LogP contribution in [0.2, 0.25) is 0 Å². The molecule has 1 aromatic rings. The van der Waals surface area contributed by atoms with Crippen molar-refractivity contribution in [3.8, 4) is 0 Å². The monoisotopic (exact) mass is 306 g/mol. The lowest BCUT2D eigenvalue weighted by atomic mass is 10.2. The maximum atomic E-state index is 12.0. The number of hydrogen-bond acceptors (Lipinski definition) is 5. The number of pyridine rings is 1. The second kappa shape index (κ2) is 8.22. The summed E-state index contributed by atoms with van der Waals surface area (Å²) < 4.78 is 5.42. The molecule has 0 bridgehead atoms. The van der Waals surface area contributed by atoms with Crippen LogP contribution in [0.4, 0.5) is 0 Å². The molecule has 0 aromatic carbocycles. The molecule has 1 aliphatic heterocycles. The Morgan fingerprint density at radius 2 is 2.41 bits per heavy atom. The van der Waals surface area contributed by atoms with Crippen molar-refractivity contribution in [3.63, 3.8) is 0 Å². The van der Waals surface area contributed by atoms with Crippen LogP contribution in [0.5, 0.6) is 0 Å². The average Bonchev–Trinajstić information content (AvgIpc) is 2.86. The molecule has 22 heavy (non-hydrogen) atoms. The van der Waals surface area contributed by atoms with E-state index in [2.05, 4.69) is 27.1 Å². The molecule has 2 rings (SSSR count). The van der Waals surface area contributed by atoms with Gasteiger partial charge in [0.25, 0.3) is 0 Å². The number of nitrogens with zero attached hydrogens (tertiary/aromatic N) is 3. The number of nitrogens with one attached hydrogen (secondary N) is 1. The van der Waals surface area contributed by atoms with Gasteiger partial charge in [-0.05, 0) is 32.1 Å². The van der Waals surface area contributed by atoms with E-state index in [0.29, 0.717) is 25.2 Å². The van der Waals surface area contributed by atoms with Crippen LogP contribution in [0.3, 0.4) is 0 Å². The van der Waals surface area contributed by atoms with Gasteiger partial charge in [0.2, 0.25) is 5.91 Å². The van der Waals surface area contributed by atoms with Gasteiger partial charge in [0, 0.05) is 45.2 Å². The molecule has 0 aliphatic carbocycles. The molecule has 1 aliphatic rings. The molecule has 1 fully saturated rings. The second-order valence-electron chi connectivity index (χ2n) is 6.02. The van der Waals surface area contributed by atoms with Gasteiger partial charge in [-0.2, -0.15) is 0 Å². The van der Waals surface area contributed by atoms with Gasteiger partial charge < -0.3 is 10.1 Å². The predicted octanol–water partition coefficient (Wildman–Crippen LogP) is 0.349. The van der Waals surface area contributed by atoms with Crippen molar-refractivity contribution >= 4 is 5.91 Å². The molecule has 1 N–H and O–H groups in total. The average molecular weight is 306 g/mol. The highest BCUT2D eigenvalue weighted by atomic mass is 16.5. The number of methoxy groups -OCH3 is 1. The third kappa shape index (κ3) is 5.05. The summed E-state index contributed by atoms with van der Waals surface area (Å²) in [7, 11) is 5.86. The molecule has 1 aromatic heterocycles. The lowest BCUT2D eigenvalue weighted by Gasteiger charge is -2.25. The first-order chi connectivity index (χ1) is 10.6. The molecular weight excluding hydrogens is 280 g/mol. The van der Waals surface area contributed by atoms with Gasteiger partial charge in [-0.3, -0.25) is 19.6 Å². The Morgan fingerprint density at radius 3 is 3.05 bits per heavy atom. The zero-order chi connectivity index (χ0) is 15.9. The van der Waals surface area contributed by atoms with E-state index in [1.165, 1.54) is 0 Å². The summed E-state index contributed by atoms with van der Waals surface area (Å²) >= 11 is 0. The Kier molecular flexibility index (Phi) is 6.30. The maximum absolute atomic E-state index is 12.0. The zero-order valence-electron chi connectivity index (χ0n) is 13.7. The number of carbonyl (C=O) groups excluding carboxylic acids is 1. The standard InChI is InChI=1S/C16H26N4O2/c1-19(10-14-7-15(22-3)11-20(14)2)12-16(21)18-9-13-5-4-6-17-8-13/h4-6,8,14-15H,7,9-12H2,1-3H3,(H,18,21)/t14-,15-/m0/s1. The quantitative estimate of drug-likeness (QED) is 0.788. The van der Waals surface area contributed by atoms with Crippen molar-refractivity contribution in [2.75, 3.05) is 40.8 Å². The summed E-state index contributed by atoms with van der Waals surface area (Å²) in [6.45, 7) is 2.76. The van der Waals surface area contributed by atoms with E-state index in [9.17, 15) is 4.79 Å². The first-order valence-corrected chi connectivity index (χ1v) is 7.65. The number of hydrogen-bond donors (Lipinski definition) is 1. The fourth-order valence-corrected chi connectivity index (χ4v) is 2.84. The van der Waals surface area contributed by atoms with Crippen molar-refractivity contribution < 1.29 is 9.53 Å². The topological polar surface area (TPSA) is 57.7 Å². The predicted molar refractivity (Wildman–Crippen MR) is 85.4 cm³/mol. The Bertz CT molecular complexity index is 468. The summed E-state index contributed by atoms with van der Waals surface area (Å²) in [5.74, 6) is 0.0373. The highest BCUT2D eigenvalue weighted by Gasteiger charge is 2.30. The van der Waals surface area contributed by atoms with Crippen LogP contribution in [-0.4, -0.2) is 73.7 Å². The van der Waals surface area contributed by atoms with Gasteiger partial charge in [0.15, 0.2) is 0 Å². The molecule has 2 atom stereocenters. The molecule has 6 nitrogen and oxygen atoms in total. The van der Waals surface area contributed by atoms with Crippen molar-refractivity contribution in [1.29, 1.82) is 0 Å². The van der Waals surface area contributed by atoms with Gasteiger partial charge in [0.05, 0.1) is 12.6 Å². The van der Waals surface area contributed by atoms with Gasteiger partial charge in [-0.1, -0.05) is 6.07 Å². The number of aromatic nitrogens is 1. The zero-order valence-corrected chi connectivity index (χ0v) is 13.7. The number of rotatable bonds is 7. The molecule has 122 valence electrons. The molecule has 0 spiro atoms. The van der Waals surface area contributed by atoms with Crippen LogP contribution < -0.4 is 5.32 Å². The molecule has 0 saturated carbocycles. The van der Waals surface area contributed by atoms with Crippen LogP contribution in [0.15, 0.2) is 24.5 Å². The normalized spacial score (nSPS) is 22.2. The van der Waals surface area contributed by atoms with E-state index in [-0.39, 0.29) is 5.91 Å². The largest absolute Gasteiger partial charge is 0.380 e. The summed E-state index contributed by atoms with van der Waals surface area (Å²) in [5.41, 5.74) is 1.01. The van der Waals surface area contributed by atoms with Crippen LogP contribution in [0.25, 0.3) is 0 Å². The van der Waals surface area contributed by atoms with Gasteiger partial charge in [0.1, 0.15) is 0 Å². The van der Waals surface area contributed by atoms with E-state index in [1.807, 2.05) is 19.2 Å². The van der Waals surface area contributed by atoms with Gasteiger partial charge >= 0.3 is 0 Å². The maximum Gasteiger partial charge on any atom is 0.234 e. The van der Waals surface area contributed by atoms with Crippen LogP contribution >= 0.6 is 0 Å². The van der Waals surface area contributed by atoms with E-state index >= 15 is 0 Å². The Morgan fingerprint density at radius 1 is 1.59 bits per heavy atom. The minimum absolute atomic E-state index is 0.0373. The molecule has 1 saturated heterocycles. The highest BCUT2D eigenvalue weighted by molar-refractivity contribution is 5.77. The second-order valence-corrected chi connectivity index (χ2v) is 6.02. The SMILES string of the molecule is CO[C@H]1C[C@@H](CN(C)CC(=O)NCc2cccnc2)N(C)C1. The van der Waals surface area contributed by atoms with Gasteiger partial charge in [-0.15, -0.1) is 0 Å². The first-order valence-electron chi connectivity index (χ1n) is 7.65. The van der Waals surface area contributed by atoms with E-state index < -0.39 is 0 Å². The fourth-order valence-electron chi connectivity index (χ4n) is 2.84.